The van der Waals surface area contributed by atoms with Gasteiger partial charge in [0.1, 0.15) is 23.0 Å². The molecule has 1 heterocycles. The van der Waals surface area contributed by atoms with Gasteiger partial charge in [-0.1, -0.05) is 19.3 Å². The van der Waals surface area contributed by atoms with Crippen LogP contribution in [0.1, 0.15) is 38.1 Å². The monoisotopic (exact) mass is 430 g/mol. The summed E-state index contributed by atoms with van der Waals surface area (Å²) >= 11 is 1.45. The standard InChI is InChI=1S/C23H24F2N2O2S/c1-28-17-9-10-18(22(13-17)29-2)21-14-30-23(27(21)16-6-4-3-5-7-16)26-20-11-8-15(24)12-19(20)25/h8-14,16H,3-7H2,1-2H3. The fourth-order valence-electron chi connectivity index (χ4n) is 3.98. The highest BCUT2D eigenvalue weighted by Crippen LogP contribution is 2.37. The Morgan fingerprint density at radius 1 is 1.00 bits per heavy atom. The normalized spacial score (nSPS) is 15.4. The topological polar surface area (TPSA) is 35.8 Å². The summed E-state index contributed by atoms with van der Waals surface area (Å²) in [5.41, 5.74) is 2.05. The summed E-state index contributed by atoms with van der Waals surface area (Å²) in [6.07, 6.45) is 5.61. The summed E-state index contributed by atoms with van der Waals surface area (Å²) in [6.45, 7) is 0. The molecule has 1 aliphatic rings. The first-order chi connectivity index (χ1) is 14.6. The number of halogens is 2. The molecule has 7 heteroatoms. The van der Waals surface area contributed by atoms with Gasteiger partial charge in [-0.2, -0.15) is 0 Å². The Kier molecular flexibility index (Phi) is 6.18. The van der Waals surface area contributed by atoms with Crippen molar-refractivity contribution in [2.45, 2.75) is 38.1 Å². The Hall–Kier alpha value is -2.67. The summed E-state index contributed by atoms with van der Waals surface area (Å²) in [6, 6.07) is 9.48. The first-order valence-electron chi connectivity index (χ1n) is 10.0. The molecule has 0 amide bonds. The first-order valence-corrected chi connectivity index (χ1v) is 10.9. The number of rotatable bonds is 5. The zero-order valence-corrected chi connectivity index (χ0v) is 17.8. The largest absolute Gasteiger partial charge is 0.497 e. The molecule has 0 radical (unpaired) electrons. The van der Waals surface area contributed by atoms with Gasteiger partial charge in [0.25, 0.3) is 0 Å². The maximum absolute atomic E-state index is 14.3. The molecule has 0 saturated heterocycles. The van der Waals surface area contributed by atoms with Crippen LogP contribution in [0, 0.1) is 11.6 Å². The molecule has 4 nitrogen and oxygen atoms in total. The lowest BCUT2D eigenvalue weighted by Gasteiger charge is -2.25. The summed E-state index contributed by atoms with van der Waals surface area (Å²) in [7, 11) is 3.25. The molecule has 0 bridgehead atoms. The number of thiazole rings is 1. The van der Waals surface area contributed by atoms with Crippen LogP contribution in [0.5, 0.6) is 11.5 Å². The third-order valence-corrected chi connectivity index (χ3v) is 6.33. The second kappa shape index (κ2) is 9.00. The van der Waals surface area contributed by atoms with Gasteiger partial charge >= 0.3 is 0 Å². The zero-order chi connectivity index (χ0) is 21.1. The molecule has 0 aliphatic heterocycles. The van der Waals surface area contributed by atoms with Crippen molar-refractivity contribution in [1.82, 2.24) is 4.57 Å². The first kappa shape index (κ1) is 20.6. The van der Waals surface area contributed by atoms with E-state index >= 15 is 0 Å². The van der Waals surface area contributed by atoms with Gasteiger partial charge in [-0.15, -0.1) is 11.3 Å². The minimum atomic E-state index is -0.665. The highest BCUT2D eigenvalue weighted by molar-refractivity contribution is 7.07. The van der Waals surface area contributed by atoms with Gasteiger partial charge in [0.05, 0.1) is 19.9 Å². The number of ether oxygens (including phenoxy) is 2. The van der Waals surface area contributed by atoms with Crippen molar-refractivity contribution >= 4 is 17.0 Å². The maximum Gasteiger partial charge on any atom is 0.190 e. The molecule has 158 valence electrons. The van der Waals surface area contributed by atoms with Crippen LogP contribution in [0.15, 0.2) is 46.8 Å². The van der Waals surface area contributed by atoms with Crippen LogP contribution in [-0.2, 0) is 0 Å². The third-order valence-electron chi connectivity index (χ3n) is 5.49. The van der Waals surface area contributed by atoms with E-state index in [9.17, 15) is 8.78 Å². The van der Waals surface area contributed by atoms with E-state index in [1.807, 2.05) is 23.6 Å². The van der Waals surface area contributed by atoms with Crippen molar-refractivity contribution in [3.8, 4) is 22.8 Å². The number of benzene rings is 2. The van der Waals surface area contributed by atoms with Gasteiger partial charge in [-0.05, 0) is 37.1 Å². The predicted molar refractivity (Wildman–Crippen MR) is 115 cm³/mol. The fraction of sp³-hybridized carbons (Fsp3) is 0.348. The highest BCUT2D eigenvalue weighted by atomic mass is 32.1. The van der Waals surface area contributed by atoms with Gasteiger partial charge in [-0.3, -0.25) is 0 Å². The average molecular weight is 431 g/mol. The highest BCUT2D eigenvalue weighted by Gasteiger charge is 2.22. The lowest BCUT2D eigenvalue weighted by molar-refractivity contribution is 0.350. The van der Waals surface area contributed by atoms with Crippen LogP contribution in [0.3, 0.4) is 0 Å². The number of aromatic nitrogens is 1. The Morgan fingerprint density at radius 2 is 1.80 bits per heavy atom. The van der Waals surface area contributed by atoms with E-state index in [1.54, 1.807) is 14.2 Å². The molecular formula is C23H24F2N2O2S. The molecule has 1 aliphatic carbocycles. The smallest absolute Gasteiger partial charge is 0.190 e. The van der Waals surface area contributed by atoms with Gasteiger partial charge in [0.2, 0.25) is 0 Å². The number of nitrogens with zero attached hydrogens (tertiary/aromatic N) is 2. The zero-order valence-electron chi connectivity index (χ0n) is 17.0. The van der Waals surface area contributed by atoms with Gasteiger partial charge in [0, 0.05) is 29.1 Å². The molecule has 1 aromatic heterocycles. The molecule has 0 N–H and O–H groups in total. The van der Waals surface area contributed by atoms with Crippen LogP contribution in [0.25, 0.3) is 11.3 Å². The summed E-state index contributed by atoms with van der Waals surface area (Å²) < 4.78 is 40.7. The van der Waals surface area contributed by atoms with Crippen LogP contribution in [0.2, 0.25) is 0 Å². The van der Waals surface area contributed by atoms with Crippen molar-refractivity contribution in [3.63, 3.8) is 0 Å². The Morgan fingerprint density at radius 3 is 2.50 bits per heavy atom. The van der Waals surface area contributed by atoms with Crippen LogP contribution >= 0.6 is 11.3 Å². The maximum atomic E-state index is 14.3. The molecule has 4 rings (SSSR count). The Balaban J connectivity index is 1.89. The molecular weight excluding hydrogens is 406 g/mol. The lowest BCUT2D eigenvalue weighted by Crippen LogP contribution is -2.23. The van der Waals surface area contributed by atoms with Crippen molar-refractivity contribution in [3.05, 3.63) is 58.2 Å². The van der Waals surface area contributed by atoms with E-state index in [4.69, 9.17) is 9.47 Å². The van der Waals surface area contributed by atoms with Crippen molar-refractivity contribution in [2.24, 2.45) is 4.99 Å². The van der Waals surface area contributed by atoms with Crippen LogP contribution < -0.4 is 14.3 Å². The molecule has 0 spiro atoms. The predicted octanol–water partition coefficient (Wildman–Crippen LogP) is 6.25. The van der Waals surface area contributed by atoms with Gasteiger partial charge in [0.15, 0.2) is 10.6 Å². The van der Waals surface area contributed by atoms with E-state index in [-0.39, 0.29) is 11.7 Å². The van der Waals surface area contributed by atoms with Gasteiger partial charge in [-0.25, -0.2) is 13.8 Å². The van der Waals surface area contributed by atoms with E-state index in [0.717, 1.165) is 43.0 Å². The van der Waals surface area contributed by atoms with E-state index in [2.05, 4.69) is 9.56 Å². The molecule has 3 aromatic rings. The SMILES string of the molecule is COc1ccc(-c2csc(=Nc3ccc(F)cc3F)n2C2CCCCC2)c(OC)c1. The van der Waals surface area contributed by atoms with Gasteiger partial charge < -0.3 is 14.0 Å². The van der Waals surface area contributed by atoms with Crippen molar-refractivity contribution < 1.29 is 18.3 Å². The van der Waals surface area contributed by atoms with Crippen molar-refractivity contribution in [2.75, 3.05) is 14.2 Å². The lowest BCUT2D eigenvalue weighted by atomic mass is 9.95. The third kappa shape index (κ3) is 4.12. The van der Waals surface area contributed by atoms with Crippen LogP contribution in [-0.4, -0.2) is 18.8 Å². The quantitative estimate of drug-likeness (QED) is 0.480. The Bertz CT molecular complexity index is 1100. The molecule has 30 heavy (non-hydrogen) atoms. The Labute approximate surface area is 178 Å². The number of hydrogen-bond donors (Lipinski definition) is 0. The summed E-state index contributed by atoms with van der Waals surface area (Å²) in [4.78, 5) is 5.26. The number of hydrogen-bond acceptors (Lipinski definition) is 4. The average Bonchev–Trinajstić information content (AvgIpc) is 3.19. The molecule has 1 saturated carbocycles. The second-order valence-electron chi connectivity index (χ2n) is 7.34. The molecule has 1 fully saturated rings. The van der Waals surface area contributed by atoms with Crippen molar-refractivity contribution in [1.29, 1.82) is 0 Å². The van der Waals surface area contributed by atoms with E-state index in [0.29, 0.717) is 16.3 Å². The minimum absolute atomic E-state index is 0.135. The second-order valence-corrected chi connectivity index (χ2v) is 8.18. The molecule has 2 aromatic carbocycles. The molecule has 0 atom stereocenters. The van der Waals surface area contributed by atoms with E-state index < -0.39 is 11.6 Å². The summed E-state index contributed by atoms with van der Waals surface area (Å²) in [5, 5.41) is 2.03. The minimum Gasteiger partial charge on any atom is -0.497 e. The fourth-order valence-corrected chi connectivity index (χ4v) is 4.95. The number of methoxy groups -OCH3 is 2. The summed E-state index contributed by atoms with van der Waals surface area (Å²) in [5.74, 6) is 0.146. The van der Waals surface area contributed by atoms with Crippen LogP contribution in [0.4, 0.5) is 14.5 Å². The van der Waals surface area contributed by atoms with E-state index in [1.165, 1.54) is 29.9 Å². The molecule has 0 unspecified atom stereocenters.